The SMILES string of the molecule is CC(C=CC=C(C)C=Cc1ccc(F)cc1)=CC=O. The highest BCUT2D eigenvalue weighted by molar-refractivity contribution is 5.67. The first-order valence-corrected chi connectivity index (χ1v) is 6.02. The van der Waals surface area contributed by atoms with Gasteiger partial charge in [0, 0.05) is 0 Å². The van der Waals surface area contributed by atoms with E-state index in [9.17, 15) is 9.18 Å². The first-order valence-electron chi connectivity index (χ1n) is 6.02. The zero-order valence-electron chi connectivity index (χ0n) is 11.1. The van der Waals surface area contributed by atoms with Gasteiger partial charge in [-0.05, 0) is 43.2 Å². The van der Waals surface area contributed by atoms with Gasteiger partial charge in [0.1, 0.15) is 12.1 Å². The van der Waals surface area contributed by atoms with Crippen molar-refractivity contribution in [1.29, 1.82) is 0 Å². The number of allylic oxidation sites excluding steroid dienone is 7. The van der Waals surface area contributed by atoms with Gasteiger partial charge in [-0.3, -0.25) is 4.79 Å². The summed E-state index contributed by atoms with van der Waals surface area (Å²) in [5, 5.41) is 0. The van der Waals surface area contributed by atoms with Crippen LogP contribution in [0, 0.1) is 5.82 Å². The molecule has 0 unspecified atom stereocenters. The maximum absolute atomic E-state index is 12.7. The minimum atomic E-state index is -0.232. The second kappa shape index (κ2) is 7.98. The molecule has 0 saturated carbocycles. The van der Waals surface area contributed by atoms with Crippen molar-refractivity contribution in [3.63, 3.8) is 0 Å². The second-order valence-electron chi connectivity index (χ2n) is 4.20. The van der Waals surface area contributed by atoms with E-state index in [1.165, 1.54) is 18.2 Å². The van der Waals surface area contributed by atoms with Crippen LogP contribution in [-0.4, -0.2) is 6.29 Å². The standard InChI is InChI=1S/C17H17FO/c1-14(4-3-5-15(2)12-13-19)6-7-16-8-10-17(18)11-9-16/h3-13H,1-2H3. The van der Waals surface area contributed by atoms with Crippen LogP contribution in [0.5, 0.6) is 0 Å². The highest BCUT2D eigenvalue weighted by Crippen LogP contribution is 2.07. The fourth-order valence-electron chi connectivity index (χ4n) is 1.37. The molecule has 0 aliphatic heterocycles. The van der Waals surface area contributed by atoms with Crippen LogP contribution < -0.4 is 0 Å². The Balaban J connectivity index is 2.63. The number of benzene rings is 1. The van der Waals surface area contributed by atoms with Crippen molar-refractivity contribution in [3.8, 4) is 0 Å². The van der Waals surface area contributed by atoms with Crippen LogP contribution in [0.3, 0.4) is 0 Å². The summed E-state index contributed by atoms with van der Waals surface area (Å²) in [5.74, 6) is -0.232. The molecule has 19 heavy (non-hydrogen) atoms. The van der Waals surface area contributed by atoms with Gasteiger partial charge in [-0.15, -0.1) is 0 Å². The molecule has 2 heteroatoms. The van der Waals surface area contributed by atoms with E-state index in [4.69, 9.17) is 0 Å². The quantitative estimate of drug-likeness (QED) is 0.431. The van der Waals surface area contributed by atoms with E-state index in [1.807, 2.05) is 44.2 Å². The third kappa shape index (κ3) is 6.32. The van der Waals surface area contributed by atoms with Crippen molar-refractivity contribution >= 4 is 12.4 Å². The normalized spacial score (nSPS) is 13.4. The molecule has 0 aromatic heterocycles. The lowest BCUT2D eigenvalue weighted by Crippen LogP contribution is -1.75. The molecule has 0 aliphatic carbocycles. The zero-order chi connectivity index (χ0) is 14.1. The lowest BCUT2D eigenvalue weighted by atomic mass is 10.1. The molecule has 1 aromatic carbocycles. The number of hydrogen-bond acceptors (Lipinski definition) is 1. The van der Waals surface area contributed by atoms with Crippen LogP contribution in [0.2, 0.25) is 0 Å². The van der Waals surface area contributed by atoms with Crippen molar-refractivity contribution in [3.05, 3.63) is 77.2 Å². The van der Waals surface area contributed by atoms with E-state index in [0.717, 1.165) is 23.0 Å². The van der Waals surface area contributed by atoms with Crippen LogP contribution in [0.25, 0.3) is 6.08 Å². The smallest absolute Gasteiger partial charge is 0.143 e. The van der Waals surface area contributed by atoms with E-state index in [0.29, 0.717) is 0 Å². The number of halogens is 1. The monoisotopic (exact) mass is 256 g/mol. The molecule has 98 valence electrons. The van der Waals surface area contributed by atoms with Crippen molar-refractivity contribution in [1.82, 2.24) is 0 Å². The molecule has 0 amide bonds. The summed E-state index contributed by atoms with van der Waals surface area (Å²) < 4.78 is 12.7. The summed E-state index contributed by atoms with van der Waals surface area (Å²) in [6.45, 7) is 3.84. The van der Waals surface area contributed by atoms with E-state index in [1.54, 1.807) is 12.1 Å². The van der Waals surface area contributed by atoms with E-state index in [2.05, 4.69) is 0 Å². The molecule has 0 fully saturated rings. The van der Waals surface area contributed by atoms with Crippen molar-refractivity contribution in [2.75, 3.05) is 0 Å². The molecule has 0 bridgehead atoms. The number of carbonyl (C=O) groups excluding carboxylic acids is 1. The summed E-state index contributed by atoms with van der Waals surface area (Å²) in [5.41, 5.74) is 2.93. The van der Waals surface area contributed by atoms with Crippen molar-refractivity contribution < 1.29 is 9.18 Å². The average Bonchev–Trinajstić information content (AvgIpc) is 2.38. The zero-order valence-corrected chi connectivity index (χ0v) is 11.1. The van der Waals surface area contributed by atoms with Crippen LogP contribution >= 0.6 is 0 Å². The molecule has 0 N–H and O–H groups in total. The third-order valence-corrected chi connectivity index (χ3v) is 2.46. The largest absolute Gasteiger partial charge is 0.299 e. The summed E-state index contributed by atoms with van der Waals surface area (Å²) in [7, 11) is 0. The van der Waals surface area contributed by atoms with Gasteiger partial charge in [0.15, 0.2) is 0 Å². The van der Waals surface area contributed by atoms with Crippen LogP contribution in [0.1, 0.15) is 19.4 Å². The minimum Gasteiger partial charge on any atom is -0.299 e. The molecular weight excluding hydrogens is 239 g/mol. The lowest BCUT2D eigenvalue weighted by molar-refractivity contribution is -0.104. The predicted molar refractivity (Wildman–Crippen MR) is 78.2 cm³/mol. The maximum atomic E-state index is 12.7. The molecule has 1 nitrogen and oxygen atoms in total. The summed E-state index contributed by atoms with van der Waals surface area (Å²) in [6.07, 6.45) is 11.9. The number of carbonyl (C=O) groups is 1. The van der Waals surface area contributed by atoms with Gasteiger partial charge in [-0.1, -0.05) is 48.1 Å². The fourth-order valence-corrected chi connectivity index (χ4v) is 1.37. The van der Waals surface area contributed by atoms with Crippen LogP contribution in [0.4, 0.5) is 4.39 Å². The van der Waals surface area contributed by atoms with E-state index >= 15 is 0 Å². The first kappa shape index (κ1) is 14.8. The Kier molecular flexibility index (Phi) is 6.23. The number of hydrogen-bond donors (Lipinski definition) is 0. The first-order chi connectivity index (χ1) is 9.11. The Bertz CT molecular complexity index is 531. The van der Waals surface area contributed by atoms with Gasteiger partial charge in [0.2, 0.25) is 0 Å². The number of rotatable bonds is 5. The molecule has 0 atom stereocenters. The van der Waals surface area contributed by atoms with Crippen LogP contribution in [0.15, 0.2) is 65.8 Å². The maximum Gasteiger partial charge on any atom is 0.143 e. The molecule has 1 rings (SSSR count). The highest BCUT2D eigenvalue weighted by Gasteiger charge is 1.88. The Hall–Kier alpha value is -2.22. The average molecular weight is 256 g/mol. The molecule has 0 spiro atoms. The third-order valence-electron chi connectivity index (χ3n) is 2.46. The Morgan fingerprint density at radius 1 is 1.00 bits per heavy atom. The van der Waals surface area contributed by atoms with Gasteiger partial charge in [0.25, 0.3) is 0 Å². The summed E-state index contributed by atoms with van der Waals surface area (Å²) in [6, 6.07) is 6.33. The minimum absolute atomic E-state index is 0.232. The van der Waals surface area contributed by atoms with Gasteiger partial charge in [-0.2, -0.15) is 0 Å². The van der Waals surface area contributed by atoms with Gasteiger partial charge < -0.3 is 0 Å². The lowest BCUT2D eigenvalue weighted by Gasteiger charge is -1.93. The summed E-state index contributed by atoms with van der Waals surface area (Å²) >= 11 is 0. The van der Waals surface area contributed by atoms with Crippen molar-refractivity contribution in [2.45, 2.75) is 13.8 Å². The highest BCUT2D eigenvalue weighted by atomic mass is 19.1. The van der Waals surface area contributed by atoms with Gasteiger partial charge in [-0.25, -0.2) is 4.39 Å². The Morgan fingerprint density at radius 3 is 2.26 bits per heavy atom. The van der Waals surface area contributed by atoms with E-state index < -0.39 is 0 Å². The van der Waals surface area contributed by atoms with Crippen molar-refractivity contribution in [2.24, 2.45) is 0 Å². The Labute approximate surface area is 113 Å². The van der Waals surface area contributed by atoms with Gasteiger partial charge >= 0.3 is 0 Å². The molecule has 0 aliphatic rings. The fraction of sp³-hybridized carbons (Fsp3) is 0.118. The van der Waals surface area contributed by atoms with E-state index in [-0.39, 0.29) is 5.82 Å². The molecule has 0 radical (unpaired) electrons. The number of aldehydes is 1. The molecule has 1 aromatic rings. The van der Waals surface area contributed by atoms with Gasteiger partial charge in [0.05, 0.1) is 0 Å². The Morgan fingerprint density at radius 2 is 1.63 bits per heavy atom. The topological polar surface area (TPSA) is 17.1 Å². The summed E-state index contributed by atoms with van der Waals surface area (Å²) in [4.78, 5) is 10.2. The molecule has 0 heterocycles. The molecule has 0 saturated heterocycles. The second-order valence-corrected chi connectivity index (χ2v) is 4.20. The predicted octanol–water partition coefficient (Wildman–Crippen LogP) is 4.49. The molecular formula is C17H17FO. The van der Waals surface area contributed by atoms with Crippen LogP contribution in [-0.2, 0) is 4.79 Å².